The number of hydrogen-bond donors (Lipinski definition) is 1. The Morgan fingerprint density at radius 3 is 2.52 bits per heavy atom. The second kappa shape index (κ2) is 8.36. The van der Waals surface area contributed by atoms with E-state index in [1.54, 1.807) is 19.9 Å². The summed E-state index contributed by atoms with van der Waals surface area (Å²) in [7, 11) is 0. The van der Waals surface area contributed by atoms with Crippen molar-refractivity contribution < 1.29 is 23.8 Å². The summed E-state index contributed by atoms with van der Waals surface area (Å²) in [6.45, 7) is 4.32. The molecule has 0 saturated carbocycles. The molecule has 1 N–H and O–H groups in total. The molecule has 5 nitrogen and oxygen atoms in total. The Balaban J connectivity index is 2.89. The number of aliphatic carboxylic acids is 1. The van der Waals surface area contributed by atoms with Crippen LogP contribution in [0, 0.1) is 5.82 Å². The van der Waals surface area contributed by atoms with E-state index < -0.39 is 23.8 Å². The maximum absolute atomic E-state index is 13.8. The summed E-state index contributed by atoms with van der Waals surface area (Å²) in [4.78, 5) is 24.4. The first kappa shape index (κ1) is 17.1. The van der Waals surface area contributed by atoms with Gasteiger partial charge in [0.25, 0.3) is 0 Å². The molecule has 0 heterocycles. The molecule has 21 heavy (non-hydrogen) atoms. The summed E-state index contributed by atoms with van der Waals surface area (Å²) in [5, 5.41) is 9.40. The minimum atomic E-state index is -1.15. The van der Waals surface area contributed by atoms with Crippen molar-refractivity contribution in [1.29, 1.82) is 0 Å². The van der Waals surface area contributed by atoms with Gasteiger partial charge in [-0.3, -0.25) is 14.5 Å². The Morgan fingerprint density at radius 2 is 2.00 bits per heavy atom. The van der Waals surface area contributed by atoms with E-state index in [-0.39, 0.29) is 25.1 Å². The topological polar surface area (TPSA) is 66.8 Å². The average Bonchev–Trinajstić information content (AvgIpc) is 2.44. The number of carbonyl (C=O) groups excluding carboxylic acids is 1. The number of hydrogen-bond acceptors (Lipinski definition) is 4. The lowest BCUT2D eigenvalue weighted by Gasteiger charge is -2.27. The molecule has 0 aliphatic heterocycles. The molecule has 1 unspecified atom stereocenters. The minimum Gasteiger partial charge on any atom is -0.480 e. The van der Waals surface area contributed by atoms with Gasteiger partial charge in [0, 0.05) is 12.1 Å². The van der Waals surface area contributed by atoms with Crippen molar-refractivity contribution in [3.05, 3.63) is 35.6 Å². The predicted octanol–water partition coefficient (Wildman–Crippen LogP) is 2.23. The normalized spacial score (nSPS) is 12.2. The largest absolute Gasteiger partial charge is 0.480 e. The maximum atomic E-state index is 13.8. The number of carboxylic acids is 1. The van der Waals surface area contributed by atoms with Crippen molar-refractivity contribution in [2.75, 3.05) is 19.7 Å². The molecule has 0 radical (unpaired) electrons. The fourth-order valence-electron chi connectivity index (χ4n) is 2.12. The number of carbonyl (C=O) groups is 2. The van der Waals surface area contributed by atoms with E-state index in [1.807, 2.05) is 0 Å². The highest BCUT2D eigenvalue weighted by Gasteiger charge is 2.29. The fourth-order valence-corrected chi connectivity index (χ4v) is 2.12. The standard InChI is InChI=1S/C15H20FNO4/c1-3-17(10-9-13(18)21-4-2)14(15(19)20)11-7-5-6-8-12(11)16/h5-8,14H,3-4,9-10H2,1-2H3,(H,19,20). The van der Waals surface area contributed by atoms with Crippen LogP contribution in [0.3, 0.4) is 0 Å². The minimum absolute atomic E-state index is 0.0694. The highest BCUT2D eigenvalue weighted by Crippen LogP contribution is 2.23. The molecule has 0 spiro atoms. The number of nitrogens with zero attached hydrogens (tertiary/aromatic N) is 1. The van der Waals surface area contributed by atoms with Crippen molar-refractivity contribution in [3.8, 4) is 0 Å². The van der Waals surface area contributed by atoms with Gasteiger partial charge >= 0.3 is 11.9 Å². The third-order valence-corrected chi connectivity index (χ3v) is 3.11. The van der Waals surface area contributed by atoms with Crippen molar-refractivity contribution in [2.45, 2.75) is 26.3 Å². The maximum Gasteiger partial charge on any atom is 0.325 e. The van der Waals surface area contributed by atoms with Gasteiger partial charge in [-0.15, -0.1) is 0 Å². The number of ether oxygens (including phenoxy) is 1. The summed E-state index contributed by atoms with van der Waals surface area (Å²) >= 11 is 0. The summed E-state index contributed by atoms with van der Waals surface area (Å²) in [6.07, 6.45) is 0.0694. The SMILES string of the molecule is CCOC(=O)CCN(CC)C(C(=O)O)c1ccccc1F. The van der Waals surface area contributed by atoms with Crippen LogP contribution in [0.1, 0.15) is 31.9 Å². The Hall–Kier alpha value is -1.95. The van der Waals surface area contributed by atoms with Crippen molar-refractivity contribution in [1.82, 2.24) is 4.90 Å². The van der Waals surface area contributed by atoms with E-state index in [4.69, 9.17) is 4.74 Å². The molecule has 0 amide bonds. The lowest BCUT2D eigenvalue weighted by molar-refractivity contribution is -0.147. The summed E-state index contributed by atoms with van der Waals surface area (Å²) in [5.41, 5.74) is 0.0932. The summed E-state index contributed by atoms with van der Waals surface area (Å²) in [5.74, 6) is -2.11. The summed E-state index contributed by atoms with van der Waals surface area (Å²) in [6, 6.07) is 4.65. The highest BCUT2D eigenvalue weighted by atomic mass is 19.1. The Bertz CT molecular complexity index is 492. The van der Waals surface area contributed by atoms with E-state index in [2.05, 4.69) is 0 Å². The number of carboxylic acid groups (broad SMARTS) is 1. The molecule has 1 aromatic rings. The molecule has 6 heteroatoms. The molecular formula is C15H20FNO4. The monoisotopic (exact) mass is 297 g/mol. The van der Waals surface area contributed by atoms with E-state index in [1.165, 1.54) is 23.1 Å². The van der Waals surface area contributed by atoms with Crippen LogP contribution in [0.15, 0.2) is 24.3 Å². The Kier molecular flexibility index (Phi) is 6.81. The molecule has 0 aliphatic carbocycles. The Morgan fingerprint density at radius 1 is 1.33 bits per heavy atom. The average molecular weight is 297 g/mol. The highest BCUT2D eigenvalue weighted by molar-refractivity contribution is 5.76. The number of rotatable bonds is 8. The van der Waals surface area contributed by atoms with Gasteiger partial charge in [-0.1, -0.05) is 25.1 Å². The zero-order valence-electron chi connectivity index (χ0n) is 12.2. The van der Waals surface area contributed by atoms with Crippen LogP contribution in [-0.4, -0.2) is 41.6 Å². The second-order valence-electron chi connectivity index (χ2n) is 4.45. The van der Waals surface area contributed by atoms with Gasteiger partial charge in [-0.05, 0) is 19.5 Å². The molecule has 0 bridgehead atoms. The third kappa shape index (κ3) is 4.82. The van der Waals surface area contributed by atoms with E-state index in [0.717, 1.165) is 0 Å². The molecule has 0 fully saturated rings. The molecule has 1 atom stereocenters. The van der Waals surface area contributed by atoms with Crippen LogP contribution < -0.4 is 0 Å². The number of esters is 1. The Labute approximate surface area is 123 Å². The van der Waals surface area contributed by atoms with Gasteiger partial charge in [-0.25, -0.2) is 4.39 Å². The smallest absolute Gasteiger partial charge is 0.325 e. The van der Waals surface area contributed by atoms with Crippen molar-refractivity contribution in [2.24, 2.45) is 0 Å². The van der Waals surface area contributed by atoms with Crippen LogP contribution in [0.5, 0.6) is 0 Å². The molecule has 0 aliphatic rings. The molecule has 1 rings (SSSR count). The second-order valence-corrected chi connectivity index (χ2v) is 4.45. The van der Waals surface area contributed by atoms with Crippen LogP contribution >= 0.6 is 0 Å². The van der Waals surface area contributed by atoms with Crippen molar-refractivity contribution in [3.63, 3.8) is 0 Å². The van der Waals surface area contributed by atoms with Gasteiger partial charge in [0.05, 0.1) is 13.0 Å². The lowest BCUT2D eigenvalue weighted by atomic mass is 10.0. The van der Waals surface area contributed by atoms with Gasteiger partial charge in [0.2, 0.25) is 0 Å². The fraction of sp³-hybridized carbons (Fsp3) is 0.467. The zero-order valence-corrected chi connectivity index (χ0v) is 12.2. The zero-order chi connectivity index (χ0) is 15.8. The van der Waals surface area contributed by atoms with Crippen LogP contribution in [-0.2, 0) is 14.3 Å². The lowest BCUT2D eigenvalue weighted by Crippen LogP contribution is -2.36. The first-order chi connectivity index (χ1) is 10.0. The van der Waals surface area contributed by atoms with Gasteiger partial charge in [0.15, 0.2) is 0 Å². The summed E-state index contributed by atoms with van der Waals surface area (Å²) < 4.78 is 18.7. The van der Waals surface area contributed by atoms with Crippen LogP contribution in [0.4, 0.5) is 4.39 Å². The molecular weight excluding hydrogens is 277 g/mol. The molecule has 0 saturated heterocycles. The van der Waals surface area contributed by atoms with Crippen molar-refractivity contribution >= 4 is 11.9 Å². The third-order valence-electron chi connectivity index (χ3n) is 3.11. The first-order valence-corrected chi connectivity index (χ1v) is 6.88. The van der Waals surface area contributed by atoms with E-state index in [9.17, 15) is 19.1 Å². The molecule has 0 aromatic heterocycles. The first-order valence-electron chi connectivity index (χ1n) is 6.88. The van der Waals surface area contributed by atoms with Gasteiger partial charge < -0.3 is 9.84 Å². The quantitative estimate of drug-likeness (QED) is 0.745. The van der Waals surface area contributed by atoms with E-state index >= 15 is 0 Å². The van der Waals surface area contributed by atoms with Gasteiger partial charge in [0.1, 0.15) is 11.9 Å². The molecule has 116 valence electrons. The predicted molar refractivity (Wildman–Crippen MR) is 75.3 cm³/mol. The number of halogens is 1. The molecule has 1 aromatic carbocycles. The van der Waals surface area contributed by atoms with Crippen LogP contribution in [0.2, 0.25) is 0 Å². The number of likely N-dealkylation sites (N-methyl/N-ethyl adjacent to an activating group) is 1. The van der Waals surface area contributed by atoms with Gasteiger partial charge in [-0.2, -0.15) is 0 Å². The van der Waals surface area contributed by atoms with Crippen LogP contribution in [0.25, 0.3) is 0 Å². The van der Waals surface area contributed by atoms with E-state index in [0.29, 0.717) is 6.54 Å². The number of benzene rings is 1.